The predicted molar refractivity (Wildman–Crippen MR) is 66.9 cm³/mol. The van der Waals surface area contributed by atoms with Crippen LogP contribution < -0.4 is 0 Å². The number of nitrogens with zero attached hydrogens (tertiary/aromatic N) is 3. The Labute approximate surface area is 111 Å². The van der Waals surface area contributed by atoms with Crippen LogP contribution in [0.15, 0.2) is 30.9 Å². The molecule has 0 aliphatic carbocycles. The van der Waals surface area contributed by atoms with Gasteiger partial charge in [-0.2, -0.15) is 18.3 Å². The summed E-state index contributed by atoms with van der Waals surface area (Å²) in [4.78, 5) is 7.90. The lowest BCUT2D eigenvalue weighted by molar-refractivity contribution is -0.137. The predicted octanol–water partition coefficient (Wildman–Crippen LogP) is 3.35. The van der Waals surface area contributed by atoms with Gasteiger partial charge in [-0.25, -0.2) is 9.97 Å². The van der Waals surface area contributed by atoms with Gasteiger partial charge in [0.25, 0.3) is 0 Å². The van der Waals surface area contributed by atoms with Crippen molar-refractivity contribution in [3.05, 3.63) is 42.1 Å². The Morgan fingerprint density at radius 2 is 1.90 bits per heavy atom. The third kappa shape index (κ3) is 2.01. The van der Waals surface area contributed by atoms with Crippen molar-refractivity contribution in [2.24, 2.45) is 0 Å². The normalized spacial score (nSPS) is 12.0. The largest absolute Gasteiger partial charge is 0.416 e. The number of H-pyrrole nitrogens is 1. The summed E-state index contributed by atoms with van der Waals surface area (Å²) in [6.07, 6.45) is -0.0574. The van der Waals surface area contributed by atoms with Crippen LogP contribution >= 0.6 is 0 Å². The van der Waals surface area contributed by atoms with E-state index < -0.39 is 11.7 Å². The van der Waals surface area contributed by atoms with Gasteiger partial charge in [0.1, 0.15) is 6.33 Å². The number of halogens is 3. The molecule has 3 rings (SSSR count). The Morgan fingerprint density at radius 3 is 2.60 bits per heavy atom. The highest BCUT2D eigenvalue weighted by Gasteiger charge is 2.32. The first-order valence-electron chi connectivity index (χ1n) is 5.78. The van der Waals surface area contributed by atoms with Crippen molar-refractivity contribution in [2.75, 3.05) is 0 Å². The summed E-state index contributed by atoms with van der Waals surface area (Å²) in [5.74, 6) is 0. The molecule has 0 spiro atoms. The van der Waals surface area contributed by atoms with Gasteiger partial charge in [0.05, 0.1) is 17.3 Å². The van der Waals surface area contributed by atoms with E-state index in [0.29, 0.717) is 27.7 Å². The molecular formula is C13H9F3N4. The molecule has 0 radical (unpaired) electrons. The van der Waals surface area contributed by atoms with Gasteiger partial charge in [0.15, 0.2) is 0 Å². The van der Waals surface area contributed by atoms with Crippen LogP contribution in [0.3, 0.4) is 0 Å². The Balaban J connectivity index is 2.34. The van der Waals surface area contributed by atoms with Crippen molar-refractivity contribution >= 4 is 10.9 Å². The molecule has 0 amide bonds. The van der Waals surface area contributed by atoms with Crippen LogP contribution in [-0.2, 0) is 6.18 Å². The number of hydrogen-bond donors (Lipinski definition) is 1. The fraction of sp³-hybridized carbons (Fsp3) is 0.154. The molecule has 0 fully saturated rings. The number of benzene rings is 1. The summed E-state index contributed by atoms with van der Waals surface area (Å²) >= 11 is 0. The van der Waals surface area contributed by atoms with Crippen LogP contribution in [-0.4, -0.2) is 20.2 Å². The molecular weight excluding hydrogens is 269 g/mol. The van der Waals surface area contributed by atoms with Crippen molar-refractivity contribution in [1.82, 2.24) is 20.2 Å². The minimum Gasteiger partial charge on any atom is -0.278 e. The standard InChI is InChI=1S/C13H9F3N4/c1-7-10(4-17-6-18-7)9-2-8(13(14,15)16)3-12-11(9)5-19-20-12/h2-6H,1H3,(H,19,20). The number of aromatic nitrogens is 4. The molecule has 102 valence electrons. The van der Waals surface area contributed by atoms with Gasteiger partial charge in [0, 0.05) is 22.8 Å². The Hall–Kier alpha value is -2.44. The lowest BCUT2D eigenvalue weighted by Crippen LogP contribution is -2.05. The van der Waals surface area contributed by atoms with E-state index in [0.717, 1.165) is 12.1 Å². The van der Waals surface area contributed by atoms with Crippen molar-refractivity contribution in [2.45, 2.75) is 13.1 Å². The van der Waals surface area contributed by atoms with Crippen molar-refractivity contribution in [3.63, 3.8) is 0 Å². The zero-order valence-electron chi connectivity index (χ0n) is 10.4. The molecule has 0 bridgehead atoms. The molecule has 2 heterocycles. The molecule has 0 aliphatic rings. The van der Waals surface area contributed by atoms with Gasteiger partial charge < -0.3 is 0 Å². The second kappa shape index (κ2) is 4.29. The van der Waals surface area contributed by atoms with E-state index in [1.807, 2.05) is 0 Å². The minimum atomic E-state index is -4.42. The van der Waals surface area contributed by atoms with Gasteiger partial charge in [-0.1, -0.05) is 0 Å². The zero-order chi connectivity index (χ0) is 14.3. The molecule has 7 heteroatoms. The number of alkyl halides is 3. The van der Waals surface area contributed by atoms with E-state index in [-0.39, 0.29) is 0 Å². The highest BCUT2D eigenvalue weighted by Crippen LogP contribution is 2.36. The highest BCUT2D eigenvalue weighted by molar-refractivity contribution is 5.95. The fourth-order valence-electron chi connectivity index (χ4n) is 2.09. The summed E-state index contributed by atoms with van der Waals surface area (Å²) in [6, 6.07) is 2.15. The smallest absolute Gasteiger partial charge is 0.278 e. The average Bonchev–Trinajstić information content (AvgIpc) is 2.85. The van der Waals surface area contributed by atoms with Crippen LogP contribution in [0.4, 0.5) is 13.2 Å². The minimum absolute atomic E-state index is 0.332. The topological polar surface area (TPSA) is 54.5 Å². The number of aryl methyl sites for hydroxylation is 1. The third-order valence-corrected chi connectivity index (χ3v) is 3.09. The van der Waals surface area contributed by atoms with Gasteiger partial charge in [-0.3, -0.25) is 5.10 Å². The molecule has 0 aliphatic heterocycles. The second-order valence-electron chi connectivity index (χ2n) is 4.37. The molecule has 0 saturated carbocycles. The first-order chi connectivity index (χ1) is 9.47. The van der Waals surface area contributed by atoms with E-state index in [4.69, 9.17) is 0 Å². The van der Waals surface area contributed by atoms with Crippen LogP contribution in [0.2, 0.25) is 0 Å². The van der Waals surface area contributed by atoms with E-state index in [1.165, 1.54) is 18.7 Å². The Bertz CT molecular complexity index is 777. The third-order valence-electron chi connectivity index (χ3n) is 3.09. The number of fused-ring (bicyclic) bond motifs is 1. The number of nitrogens with one attached hydrogen (secondary N) is 1. The van der Waals surface area contributed by atoms with Gasteiger partial charge >= 0.3 is 6.18 Å². The molecule has 1 aromatic carbocycles. The lowest BCUT2D eigenvalue weighted by Gasteiger charge is -2.11. The summed E-state index contributed by atoms with van der Waals surface area (Å²) in [5.41, 5.74) is 1.19. The Kier molecular flexibility index (Phi) is 2.70. The number of aromatic amines is 1. The monoisotopic (exact) mass is 278 g/mol. The van der Waals surface area contributed by atoms with Crippen molar-refractivity contribution in [3.8, 4) is 11.1 Å². The first kappa shape index (κ1) is 12.6. The lowest BCUT2D eigenvalue weighted by atomic mass is 9.99. The maximum Gasteiger partial charge on any atom is 0.416 e. The molecule has 0 unspecified atom stereocenters. The Morgan fingerprint density at radius 1 is 1.10 bits per heavy atom. The SMILES string of the molecule is Cc1ncncc1-c1cc(C(F)(F)F)cc2[nH]ncc12. The van der Waals surface area contributed by atoms with E-state index in [2.05, 4.69) is 20.2 Å². The maximum absolute atomic E-state index is 13.0. The van der Waals surface area contributed by atoms with Gasteiger partial charge in [-0.15, -0.1) is 0 Å². The van der Waals surface area contributed by atoms with Gasteiger partial charge in [-0.05, 0) is 24.6 Å². The highest BCUT2D eigenvalue weighted by atomic mass is 19.4. The van der Waals surface area contributed by atoms with Crippen LogP contribution in [0.25, 0.3) is 22.0 Å². The summed E-state index contributed by atoms with van der Waals surface area (Å²) in [5, 5.41) is 6.99. The van der Waals surface area contributed by atoms with E-state index in [9.17, 15) is 13.2 Å². The molecule has 0 saturated heterocycles. The maximum atomic E-state index is 13.0. The molecule has 3 aromatic rings. The second-order valence-corrected chi connectivity index (χ2v) is 4.37. The zero-order valence-corrected chi connectivity index (χ0v) is 10.4. The fourth-order valence-corrected chi connectivity index (χ4v) is 2.09. The summed E-state index contributed by atoms with van der Waals surface area (Å²) in [6.45, 7) is 1.73. The molecule has 4 nitrogen and oxygen atoms in total. The number of hydrogen-bond acceptors (Lipinski definition) is 3. The van der Waals surface area contributed by atoms with E-state index >= 15 is 0 Å². The van der Waals surface area contributed by atoms with Crippen LogP contribution in [0, 0.1) is 6.92 Å². The van der Waals surface area contributed by atoms with Crippen molar-refractivity contribution < 1.29 is 13.2 Å². The van der Waals surface area contributed by atoms with Crippen molar-refractivity contribution in [1.29, 1.82) is 0 Å². The quantitative estimate of drug-likeness (QED) is 0.742. The van der Waals surface area contributed by atoms with Gasteiger partial charge in [0.2, 0.25) is 0 Å². The number of rotatable bonds is 1. The average molecular weight is 278 g/mol. The summed E-state index contributed by atoms with van der Waals surface area (Å²) < 4.78 is 38.9. The summed E-state index contributed by atoms with van der Waals surface area (Å²) in [7, 11) is 0. The molecule has 1 N–H and O–H groups in total. The van der Waals surface area contributed by atoms with Crippen LogP contribution in [0.5, 0.6) is 0 Å². The first-order valence-corrected chi connectivity index (χ1v) is 5.78. The molecule has 0 atom stereocenters. The molecule has 2 aromatic heterocycles. The van der Waals surface area contributed by atoms with E-state index in [1.54, 1.807) is 6.92 Å². The molecule has 20 heavy (non-hydrogen) atoms. The van der Waals surface area contributed by atoms with Crippen LogP contribution in [0.1, 0.15) is 11.3 Å².